The number of rotatable bonds is 5. The molecule has 7 heteroatoms. The summed E-state index contributed by atoms with van der Waals surface area (Å²) in [5.74, 6) is 0.551. The second kappa shape index (κ2) is 8.04. The zero-order valence-electron chi connectivity index (χ0n) is 15.3. The van der Waals surface area contributed by atoms with Crippen LogP contribution in [0, 0.1) is 0 Å². The second-order valence-corrected chi connectivity index (χ2v) is 7.31. The fourth-order valence-electron chi connectivity index (χ4n) is 3.52. The van der Waals surface area contributed by atoms with E-state index in [1.165, 1.54) is 10.1 Å². The van der Waals surface area contributed by atoms with Gasteiger partial charge in [0, 0.05) is 18.1 Å². The number of fused-ring (bicyclic) bond motifs is 1. The second-order valence-electron chi connectivity index (χ2n) is 6.87. The first-order valence-corrected chi connectivity index (χ1v) is 9.64. The zero-order valence-corrected chi connectivity index (χ0v) is 16.1. The molecule has 6 nitrogen and oxygen atoms in total. The third-order valence-corrected chi connectivity index (χ3v) is 5.18. The molecule has 2 aromatic carbocycles. The largest absolute Gasteiger partial charge is 0.358 e. The smallest absolute Gasteiger partial charge is 0.334 e. The van der Waals surface area contributed by atoms with Crippen LogP contribution in [0.2, 0.25) is 5.02 Å². The van der Waals surface area contributed by atoms with E-state index in [4.69, 9.17) is 11.6 Å². The van der Waals surface area contributed by atoms with Gasteiger partial charge in [-0.3, -0.25) is 14.7 Å². The van der Waals surface area contributed by atoms with E-state index in [1.807, 2.05) is 18.2 Å². The van der Waals surface area contributed by atoms with Crippen molar-refractivity contribution in [1.82, 2.24) is 14.5 Å². The standard InChI is InChI=1S/C21H21ClN4O2/c22-16-8-10-17(11-9-16)26-19-18(20(27)24-21(26)28)13-25(14-23-19)12-4-7-15-5-2-1-3-6-15/h1-3,5-6,8-11,23H,4,7,12-14H2,(H,24,27,28). The molecular weight excluding hydrogens is 376 g/mol. The highest BCUT2D eigenvalue weighted by atomic mass is 35.5. The number of anilines is 1. The highest BCUT2D eigenvalue weighted by Gasteiger charge is 2.23. The lowest BCUT2D eigenvalue weighted by Crippen LogP contribution is -2.43. The van der Waals surface area contributed by atoms with Crippen molar-refractivity contribution in [2.45, 2.75) is 19.4 Å². The Morgan fingerprint density at radius 3 is 2.50 bits per heavy atom. The number of benzene rings is 2. The lowest BCUT2D eigenvalue weighted by atomic mass is 10.1. The molecule has 1 aromatic heterocycles. The summed E-state index contributed by atoms with van der Waals surface area (Å²) in [6.45, 7) is 1.94. The van der Waals surface area contributed by atoms with Gasteiger partial charge in [0.15, 0.2) is 0 Å². The minimum Gasteiger partial charge on any atom is -0.358 e. The van der Waals surface area contributed by atoms with Crippen LogP contribution in [0.3, 0.4) is 0 Å². The summed E-state index contributed by atoms with van der Waals surface area (Å²) in [5, 5.41) is 3.85. The van der Waals surface area contributed by atoms with Crippen LogP contribution in [0.25, 0.3) is 5.69 Å². The average Bonchev–Trinajstić information content (AvgIpc) is 2.70. The van der Waals surface area contributed by atoms with Crippen molar-refractivity contribution in [2.75, 3.05) is 18.5 Å². The van der Waals surface area contributed by atoms with E-state index in [0.29, 0.717) is 35.3 Å². The van der Waals surface area contributed by atoms with Gasteiger partial charge in [-0.25, -0.2) is 9.36 Å². The van der Waals surface area contributed by atoms with Gasteiger partial charge in [0.1, 0.15) is 5.82 Å². The van der Waals surface area contributed by atoms with Crippen molar-refractivity contribution in [1.29, 1.82) is 0 Å². The summed E-state index contributed by atoms with van der Waals surface area (Å²) in [6, 6.07) is 17.3. The van der Waals surface area contributed by atoms with Gasteiger partial charge in [-0.15, -0.1) is 0 Å². The molecule has 144 valence electrons. The lowest BCUT2D eigenvalue weighted by molar-refractivity contribution is 0.269. The van der Waals surface area contributed by atoms with E-state index in [1.54, 1.807) is 24.3 Å². The highest BCUT2D eigenvalue weighted by Crippen LogP contribution is 2.22. The first-order chi connectivity index (χ1) is 13.6. The van der Waals surface area contributed by atoms with Crippen LogP contribution in [0.1, 0.15) is 17.5 Å². The first kappa shape index (κ1) is 18.5. The third kappa shape index (κ3) is 3.88. The summed E-state index contributed by atoms with van der Waals surface area (Å²) >= 11 is 5.95. The molecule has 2 heterocycles. The van der Waals surface area contributed by atoms with E-state index in [-0.39, 0.29) is 5.56 Å². The lowest BCUT2D eigenvalue weighted by Gasteiger charge is -2.30. The van der Waals surface area contributed by atoms with E-state index in [9.17, 15) is 9.59 Å². The van der Waals surface area contributed by atoms with Crippen molar-refractivity contribution in [2.24, 2.45) is 0 Å². The van der Waals surface area contributed by atoms with Crippen LogP contribution in [0.5, 0.6) is 0 Å². The van der Waals surface area contributed by atoms with E-state index >= 15 is 0 Å². The summed E-state index contributed by atoms with van der Waals surface area (Å²) in [6.07, 6.45) is 1.99. The zero-order chi connectivity index (χ0) is 19.5. The molecule has 0 unspecified atom stereocenters. The van der Waals surface area contributed by atoms with Crippen LogP contribution >= 0.6 is 11.6 Å². The van der Waals surface area contributed by atoms with Gasteiger partial charge in [-0.1, -0.05) is 41.9 Å². The van der Waals surface area contributed by atoms with Crippen LogP contribution in [-0.4, -0.2) is 27.7 Å². The fourth-order valence-corrected chi connectivity index (χ4v) is 3.64. The van der Waals surface area contributed by atoms with Gasteiger partial charge in [0.2, 0.25) is 0 Å². The summed E-state index contributed by atoms with van der Waals surface area (Å²) in [7, 11) is 0. The average molecular weight is 397 g/mol. The van der Waals surface area contributed by atoms with Crippen LogP contribution in [0.15, 0.2) is 64.2 Å². The number of nitrogens with one attached hydrogen (secondary N) is 2. The molecule has 0 saturated heterocycles. The molecule has 1 aliphatic heterocycles. The van der Waals surface area contributed by atoms with Crippen LogP contribution < -0.4 is 16.6 Å². The molecule has 0 bridgehead atoms. The number of aromatic amines is 1. The fraction of sp³-hybridized carbons (Fsp3) is 0.238. The Hall–Kier alpha value is -2.83. The molecular formula is C21H21ClN4O2. The maximum atomic E-state index is 12.4. The molecule has 0 fully saturated rings. The molecule has 0 atom stereocenters. The predicted molar refractivity (Wildman–Crippen MR) is 111 cm³/mol. The Kier molecular flexibility index (Phi) is 5.32. The number of aryl methyl sites for hydroxylation is 1. The van der Waals surface area contributed by atoms with Crippen molar-refractivity contribution < 1.29 is 0 Å². The van der Waals surface area contributed by atoms with Gasteiger partial charge in [-0.2, -0.15) is 0 Å². The SMILES string of the molecule is O=c1[nH]c(=O)n(-c2ccc(Cl)cc2)c2c1CN(CCCc1ccccc1)CN2. The van der Waals surface area contributed by atoms with Gasteiger partial charge >= 0.3 is 5.69 Å². The number of hydrogen-bond acceptors (Lipinski definition) is 4. The molecule has 1 aliphatic rings. The summed E-state index contributed by atoms with van der Waals surface area (Å²) in [5.41, 5.74) is 1.73. The molecule has 2 N–H and O–H groups in total. The number of nitrogens with zero attached hydrogens (tertiary/aromatic N) is 2. The van der Waals surface area contributed by atoms with Crippen molar-refractivity contribution in [3.63, 3.8) is 0 Å². The number of aromatic nitrogens is 2. The van der Waals surface area contributed by atoms with Gasteiger partial charge in [0.05, 0.1) is 17.9 Å². The maximum absolute atomic E-state index is 12.4. The molecule has 0 amide bonds. The molecule has 3 aromatic rings. The van der Waals surface area contributed by atoms with Crippen molar-refractivity contribution in [3.8, 4) is 5.69 Å². The van der Waals surface area contributed by atoms with Crippen molar-refractivity contribution in [3.05, 3.63) is 91.6 Å². The van der Waals surface area contributed by atoms with Gasteiger partial charge in [0.25, 0.3) is 5.56 Å². The highest BCUT2D eigenvalue weighted by molar-refractivity contribution is 6.30. The third-order valence-electron chi connectivity index (χ3n) is 4.93. The molecule has 0 radical (unpaired) electrons. The first-order valence-electron chi connectivity index (χ1n) is 9.26. The number of H-pyrrole nitrogens is 1. The number of hydrogen-bond donors (Lipinski definition) is 2. The van der Waals surface area contributed by atoms with Crippen molar-refractivity contribution >= 4 is 17.4 Å². The summed E-state index contributed by atoms with van der Waals surface area (Å²) in [4.78, 5) is 29.4. The van der Waals surface area contributed by atoms with E-state index in [0.717, 1.165) is 19.4 Å². The van der Waals surface area contributed by atoms with E-state index in [2.05, 4.69) is 27.3 Å². The Morgan fingerprint density at radius 2 is 1.75 bits per heavy atom. The topological polar surface area (TPSA) is 70.1 Å². The van der Waals surface area contributed by atoms with Crippen LogP contribution in [-0.2, 0) is 13.0 Å². The Labute approximate surface area is 167 Å². The van der Waals surface area contributed by atoms with Gasteiger partial charge in [-0.05, 0) is 42.7 Å². The van der Waals surface area contributed by atoms with E-state index < -0.39 is 5.69 Å². The Morgan fingerprint density at radius 1 is 1.00 bits per heavy atom. The van der Waals surface area contributed by atoms with Gasteiger partial charge < -0.3 is 5.32 Å². The molecule has 0 spiro atoms. The molecule has 0 aliphatic carbocycles. The normalized spacial score (nSPS) is 13.8. The predicted octanol–water partition coefficient (Wildman–Crippen LogP) is 3.00. The Bertz CT molecular complexity index is 1070. The molecule has 4 rings (SSSR count). The molecule has 28 heavy (non-hydrogen) atoms. The minimum absolute atomic E-state index is 0.342. The summed E-state index contributed by atoms with van der Waals surface area (Å²) < 4.78 is 1.49. The Balaban J connectivity index is 1.54. The number of halogens is 1. The maximum Gasteiger partial charge on any atom is 0.334 e. The minimum atomic E-state index is -0.462. The monoisotopic (exact) mass is 396 g/mol. The quantitative estimate of drug-likeness (QED) is 0.695. The molecule has 0 saturated carbocycles. The van der Waals surface area contributed by atoms with Crippen LogP contribution in [0.4, 0.5) is 5.82 Å².